The maximum absolute atomic E-state index is 12.5. The number of fused-ring (bicyclic) bond motifs is 1. The zero-order valence-corrected chi connectivity index (χ0v) is 16.5. The van der Waals surface area contributed by atoms with E-state index in [2.05, 4.69) is 24.1 Å². The van der Waals surface area contributed by atoms with E-state index in [-0.39, 0.29) is 17.5 Å². The second-order valence-electron chi connectivity index (χ2n) is 7.33. The minimum Gasteiger partial charge on any atom is -0.452 e. The number of rotatable bonds is 7. The normalized spacial score (nSPS) is 12.0. The summed E-state index contributed by atoms with van der Waals surface area (Å²) >= 11 is 0. The van der Waals surface area contributed by atoms with E-state index in [1.54, 1.807) is 24.3 Å². The number of pyridine rings is 1. The van der Waals surface area contributed by atoms with Gasteiger partial charge < -0.3 is 15.0 Å². The molecule has 1 aromatic heterocycles. The molecular weight excluding hydrogens is 368 g/mol. The zero-order chi connectivity index (χ0) is 20.8. The number of hydrogen-bond donors (Lipinski definition) is 2. The van der Waals surface area contributed by atoms with Gasteiger partial charge in [-0.2, -0.15) is 0 Å². The molecule has 0 bridgehead atoms. The zero-order valence-electron chi connectivity index (χ0n) is 16.5. The van der Waals surface area contributed by atoms with E-state index in [4.69, 9.17) is 4.74 Å². The highest BCUT2D eigenvalue weighted by Gasteiger charge is 2.18. The van der Waals surface area contributed by atoms with Gasteiger partial charge in [0.25, 0.3) is 5.91 Å². The number of hydrogen-bond acceptors (Lipinski definition) is 4. The van der Waals surface area contributed by atoms with Crippen molar-refractivity contribution in [1.29, 1.82) is 0 Å². The number of ether oxygens (including phenoxy) is 1. The predicted octanol–water partition coefficient (Wildman–Crippen LogP) is 3.59. The van der Waals surface area contributed by atoms with Crippen LogP contribution in [0.5, 0.6) is 0 Å². The number of carbonyl (C=O) groups excluding carboxylic acids is 2. The Labute approximate surface area is 168 Å². The van der Waals surface area contributed by atoms with Gasteiger partial charge in [0, 0.05) is 17.0 Å². The summed E-state index contributed by atoms with van der Waals surface area (Å²) in [6.45, 7) is 3.75. The molecule has 0 saturated carbocycles. The first-order valence-corrected chi connectivity index (χ1v) is 9.57. The fraction of sp³-hybridized carbons (Fsp3) is 0.261. The Morgan fingerprint density at radius 3 is 2.45 bits per heavy atom. The summed E-state index contributed by atoms with van der Waals surface area (Å²) in [5.74, 6) is -0.713. The molecule has 0 radical (unpaired) electrons. The highest BCUT2D eigenvalue weighted by molar-refractivity contribution is 6.03. The number of para-hydroxylation sites is 1. The Balaban J connectivity index is 1.68. The van der Waals surface area contributed by atoms with Gasteiger partial charge in [-0.05, 0) is 24.0 Å². The third-order valence-electron chi connectivity index (χ3n) is 4.55. The summed E-state index contributed by atoms with van der Waals surface area (Å²) < 4.78 is 5.19. The van der Waals surface area contributed by atoms with E-state index < -0.39 is 18.1 Å². The molecule has 6 nitrogen and oxygen atoms in total. The molecule has 0 fully saturated rings. The van der Waals surface area contributed by atoms with Crippen LogP contribution in [0.2, 0.25) is 0 Å². The average Bonchev–Trinajstić information content (AvgIpc) is 2.71. The van der Waals surface area contributed by atoms with Gasteiger partial charge in [0.1, 0.15) is 0 Å². The van der Waals surface area contributed by atoms with Gasteiger partial charge in [-0.3, -0.25) is 9.59 Å². The van der Waals surface area contributed by atoms with E-state index in [1.807, 2.05) is 30.3 Å². The summed E-state index contributed by atoms with van der Waals surface area (Å²) in [5, 5.41) is 3.50. The van der Waals surface area contributed by atoms with E-state index in [1.165, 1.54) is 6.07 Å². The molecule has 1 amide bonds. The number of amides is 1. The monoisotopic (exact) mass is 392 g/mol. The van der Waals surface area contributed by atoms with Crippen LogP contribution >= 0.6 is 0 Å². The summed E-state index contributed by atoms with van der Waals surface area (Å²) in [7, 11) is 0. The lowest BCUT2D eigenvalue weighted by Gasteiger charge is -2.21. The lowest BCUT2D eigenvalue weighted by Crippen LogP contribution is -2.33. The van der Waals surface area contributed by atoms with Crippen LogP contribution in [-0.2, 0) is 9.53 Å². The summed E-state index contributed by atoms with van der Waals surface area (Å²) in [4.78, 5) is 39.4. The van der Waals surface area contributed by atoms with Crippen LogP contribution in [0.25, 0.3) is 10.9 Å². The standard InChI is InChI=1S/C23H24N2O4/c1-15(2)12-20(16-8-4-3-5-9-16)25-22(27)14-29-23(28)18-13-21(26)24-19-11-7-6-10-17(18)19/h3-11,13,15,20H,12,14H2,1-2H3,(H,24,26)(H,25,27)/t20-/m0/s1. The molecule has 1 heterocycles. The largest absolute Gasteiger partial charge is 0.452 e. The first kappa shape index (κ1) is 20.3. The molecule has 0 saturated heterocycles. The number of nitrogens with one attached hydrogen (secondary N) is 2. The van der Waals surface area contributed by atoms with Crippen molar-refractivity contribution in [2.24, 2.45) is 5.92 Å². The first-order chi connectivity index (χ1) is 13.9. The van der Waals surface area contributed by atoms with Crippen LogP contribution < -0.4 is 10.9 Å². The molecule has 3 aromatic rings. The Bertz CT molecular complexity index is 1060. The van der Waals surface area contributed by atoms with E-state index in [9.17, 15) is 14.4 Å². The van der Waals surface area contributed by atoms with Crippen LogP contribution in [-0.4, -0.2) is 23.5 Å². The molecule has 150 valence electrons. The van der Waals surface area contributed by atoms with Crippen molar-refractivity contribution in [1.82, 2.24) is 10.3 Å². The SMILES string of the molecule is CC(C)C[C@H](NC(=O)COC(=O)c1cc(=O)[nH]c2ccccc12)c1ccccc1. The fourth-order valence-corrected chi connectivity index (χ4v) is 3.25. The van der Waals surface area contributed by atoms with Crippen molar-refractivity contribution in [3.63, 3.8) is 0 Å². The first-order valence-electron chi connectivity index (χ1n) is 9.57. The number of benzene rings is 2. The third kappa shape index (κ3) is 5.31. The molecule has 0 spiro atoms. The minimum absolute atomic E-state index is 0.138. The highest BCUT2D eigenvalue weighted by atomic mass is 16.5. The number of aromatic amines is 1. The second kappa shape index (κ2) is 9.19. The highest BCUT2D eigenvalue weighted by Crippen LogP contribution is 2.21. The van der Waals surface area contributed by atoms with Crippen molar-refractivity contribution in [2.75, 3.05) is 6.61 Å². The van der Waals surface area contributed by atoms with Gasteiger partial charge in [0.2, 0.25) is 5.56 Å². The molecule has 6 heteroatoms. The third-order valence-corrected chi connectivity index (χ3v) is 4.55. The molecule has 29 heavy (non-hydrogen) atoms. The van der Waals surface area contributed by atoms with Gasteiger partial charge in [0.05, 0.1) is 11.6 Å². The van der Waals surface area contributed by atoms with Crippen molar-refractivity contribution < 1.29 is 14.3 Å². The molecule has 1 atom stereocenters. The second-order valence-corrected chi connectivity index (χ2v) is 7.33. The molecular formula is C23H24N2O4. The smallest absolute Gasteiger partial charge is 0.339 e. The predicted molar refractivity (Wildman–Crippen MR) is 112 cm³/mol. The molecule has 0 aliphatic carbocycles. The van der Waals surface area contributed by atoms with E-state index in [0.717, 1.165) is 12.0 Å². The molecule has 0 unspecified atom stereocenters. The van der Waals surface area contributed by atoms with E-state index >= 15 is 0 Å². The van der Waals surface area contributed by atoms with Gasteiger partial charge in [-0.1, -0.05) is 62.4 Å². The van der Waals surface area contributed by atoms with Crippen LogP contribution in [0.1, 0.15) is 42.2 Å². The number of aromatic nitrogens is 1. The summed E-state index contributed by atoms with van der Waals surface area (Å²) in [5.41, 5.74) is 1.28. The van der Waals surface area contributed by atoms with Crippen molar-refractivity contribution in [3.05, 3.63) is 82.1 Å². The van der Waals surface area contributed by atoms with Crippen molar-refractivity contribution >= 4 is 22.8 Å². The van der Waals surface area contributed by atoms with Gasteiger partial charge in [-0.15, -0.1) is 0 Å². The lowest BCUT2D eigenvalue weighted by atomic mass is 9.97. The van der Waals surface area contributed by atoms with Gasteiger partial charge >= 0.3 is 5.97 Å². The Morgan fingerprint density at radius 1 is 1.03 bits per heavy atom. The summed E-state index contributed by atoms with van der Waals surface area (Å²) in [6, 6.07) is 17.7. The molecule has 3 rings (SSSR count). The number of carbonyl (C=O) groups is 2. The van der Waals surface area contributed by atoms with Gasteiger partial charge in [-0.25, -0.2) is 4.79 Å². The van der Waals surface area contributed by atoms with Gasteiger partial charge in [0.15, 0.2) is 6.61 Å². The van der Waals surface area contributed by atoms with Crippen LogP contribution in [0.4, 0.5) is 0 Å². The number of esters is 1. The maximum atomic E-state index is 12.5. The van der Waals surface area contributed by atoms with Crippen LogP contribution in [0, 0.1) is 5.92 Å². The number of H-pyrrole nitrogens is 1. The summed E-state index contributed by atoms with van der Waals surface area (Å²) in [6.07, 6.45) is 0.766. The minimum atomic E-state index is -0.706. The quantitative estimate of drug-likeness (QED) is 0.602. The lowest BCUT2D eigenvalue weighted by molar-refractivity contribution is -0.125. The molecule has 2 N–H and O–H groups in total. The van der Waals surface area contributed by atoms with E-state index in [0.29, 0.717) is 16.8 Å². The Morgan fingerprint density at radius 2 is 1.72 bits per heavy atom. The van der Waals surface area contributed by atoms with Crippen LogP contribution in [0.15, 0.2) is 65.5 Å². The molecule has 2 aromatic carbocycles. The Kier molecular flexibility index (Phi) is 6.44. The van der Waals surface area contributed by atoms with Crippen molar-refractivity contribution in [3.8, 4) is 0 Å². The van der Waals surface area contributed by atoms with Crippen LogP contribution in [0.3, 0.4) is 0 Å². The van der Waals surface area contributed by atoms with Crippen molar-refractivity contribution in [2.45, 2.75) is 26.3 Å². The molecule has 0 aliphatic rings. The average molecular weight is 392 g/mol. The molecule has 0 aliphatic heterocycles. The fourth-order valence-electron chi connectivity index (χ4n) is 3.25. The maximum Gasteiger partial charge on any atom is 0.339 e. The topological polar surface area (TPSA) is 88.3 Å². The Hall–Kier alpha value is -3.41.